The Bertz CT molecular complexity index is 304. The third kappa shape index (κ3) is 3.45. The molecule has 0 saturated carbocycles. The fraction of sp³-hybridized carbons (Fsp3) is 0.300. The zero-order chi connectivity index (χ0) is 10.4. The van der Waals surface area contributed by atoms with Crippen LogP contribution >= 0.6 is 0 Å². The Morgan fingerprint density at radius 2 is 2.57 bits per heavy atom. The Balaban J connectivity index is 2.25. The van der Waals surface area contributed by atoms with Crippen LogP contribution < -0.4 is 11.1 Å². The van der Waals surface area contributed by atoms with E-state index in [1.54, 1.807) is 13.2 Å². The topological polar surface area (TPSA) is 68.3 Å². The van der Waals surface area contributed by atoms with E-state index in [2.05, 4.69) is 5.32 Å². The van der Waals surface area contributed by atoms with Gasteiger partial charge in [-0.3, -0.25) is 4.79 Å². The highest BCUT2D eigenvalue weighted by atomic mass is 16.3. The predicted molar refractivity (Wildman–Crippen MR) is 54.4 cm³/mol. The molecule has 1 heterocycles. The second-order valence-corrected chi connectivity index (χ2v) is 2.95. The van der Waals surface area contributed by atoms with E-state index in [9.17, 15) is 4.79 Å². The predicted octanol–water partition coefficient (Wildman–Crippen LogP) is 0.756. The molecular weight excluding hydrogens is 180 g/mol. The average Bonchev–Trinajstić information content (AvgIpc) is 2.64. The number of furan rings is 1. The SMILES string of the molecule is CC(NC/C=C/c1ccco1)C(N)=O. The van der Waals surface area contributed by atoms with Crippen LogP contribution in [0.5, 0.6) is 0 Å². The maximum atomic E-state index is 10.6. The van der Waals surface area contributed by atoms with E-state index < -0.39 is 0 Å². The van der Waals surface area contributed by atoms with Crippen LogP contribution in [-0.4, -0.2) is 18.5 Å². The van der Waals surface area contributed by atoms with Crippen molar-refractivity contribution in [2.45, 2.75) is 13.0 Å². The molecule has 4 heteroatoms. The molecule has 0 aliphatic heterocycles. The van der Waals surface area contributed by atoms with E-state index in [4.69, 9.17) is 10.2 Å². The summed E-state index contributed by atoms with van der Waals surface area (Å²) < 4.78 is 5.08. The molecule has 0 radical (unpaired) electrons. The van der Waals surface area contributed by atoms with Gasteiger partial charge in [-0.15, -0.1) is 0 Å². The van der Waals surface area contributed by atoms with Crippen LogP contribution in [0.1, 0.15) is 12.7 Å². The zero-order valence-electron chi connectivity index (χ0n) is 8.07. The number of carbonyl (C=O) groups is 1. The highest BCUT2D eigenvalue weighted by Crippen LogP contribution is 2.01. The molecule has 0 aliphatic carbocycles. The van der Waals surface area contributed by atoms with E-state index in [0.29, 0.717) is 6.54 Å². The van der Waals surface area contributed by atoms with Crippen LogP contribution in [0.15, 0.2) is 28.9 Å². The number of hydrogen-bond acceptors (Lipinski definition) is 3. The number of hydrogen-bond donors (Lipinski definition) is 2. The molecule has 3 N–H and O–H groups in total. The first-order valence-electron chi connectivity index (χ1n) is 4.43. The Kier molecular flexibility index (Phi) is 3.94. The van der Waals surface area contributed by atoms with Crippen molar-refractivity contribution in [1.29, 1.82) is 0 Å². The molecule has 1 rings (SSSR count). The number of amides is 1. The van der Waals surface area contributed by atoms with E-state index >= 15 is 0 Å². The molecular formula is C10H14N2O2. The number of rotatable bonds is 5. The van der Waals surface area contributed by atoms with E-state index in [-0.39, 0.29) is 11.9 Å². The van der Waals surface area contributed by atoms with E-state index in [0.717, 1.165) is 5.76 Å². The number of nitrogens with two attached hydrogens (primary N) is 1. The Morgan fingerprint density at radius 1 is 1.79 bits per heavy atom. The minimum Gasteiger partial charge on any atom is -0.465 e. The van der Waals surface area contributed by atoms with Crippen molar-refractivity contribution in [3.63, 3.8) is 0 Å². The molecule has 0 bridgehead atoms. The molecule has 0 fully saturated rings. The molecule has 1 atom stereocenters. The Labute approximate surface area is 82.8 Å². The molecule has 0 aliphatic rings. The van der Waals surface area contributed by atoms with Crippen molar-refractivity contribution in [3.05, 3.63) is 30.2 Å². The van der Waals surface area contributed by atoms with Gasteiger partial charge >= 0.3 is 0 Å². The third-order valence-corrected chi connectivity index (χ3v) is 1.79. The average molecular weight is 194 g/mol. The van der Waals surface area contributed by atoms with Gasteiger partial charge in [-0.25, -0.2) is 0 Å². The monoisotopic (exact) mass is 194 g/mol. The summed E-state index contributed by atoms with van der Waals surface area (Å²) in [5, 5.41) is 2.94. The van der Waals surface area contributed by atoms with Gasteiger partial charge in [-0.1, -0.05) is 6.08 Å². The third-order valence-electron chi connectivity index (χ3n) is 1.79. The van der Waals surface area contributed by atoms with Crippen molar-refractivity contribution in [3.8, 4) is 0 Å². The Morgan fingerprint density at radius 3 is 3.14 bits per heavy atom. The summed E-state index contributed by atoms with van der Waals surface area (Å²) in [7, 11) is 0. The van der Waals surface area contributed by atoms with Gasteiger partial charge in [0.05, 0.1) is 12.3 Å². The summed E-state index contributed by atoms with van der Waals surface area (Å²) in [5.41, 5.74) is 5.07. The second kappa shape index (κ2) is 5.24. The van der Waals surface area contributed by atoms with Gasteiger partial charge in [-0.05, 0) is 25.1 Å². The zero-order valence-corrected chi connectivity index (χ0v) is 8.07. The van der Waals surface area contributed by atoms with Crippen molar-refractivity contribution < 1.29 is 9.21 Å². The largest absolute Gasteiger partial charge is 0.465 e. The smallest absolute Gasteiger partial charge is 0.234 e. The van der Waals surface area contributed by atoms with Crippen LogP contribution in [0.4, 0.5) is 0 Å². The molecule has 1 aromatic heterocycles. The summed E-state index contributed by atoms with van der Waals surface area (Å²) in [6.07, 6.45) is 5.32. The summed E-state index contributed by atoms with van der Waals surface area (Å²) in [4.78, 5) is 10.6. The molecule has 0 saturated heterocycles. The number of carbonyl (C=O) groups excluding carboxylic acids is 1. The van der Waals surface area contributed by atoms with E-state index in [1.807, 2.05) is 24.3 Å². The first kappa shape index (κ1) is 10.5. The van der Waals surface area contributed by atoms with Crippen LogP contribution in [0.2, 0.25) is 0 Å². The van der Waals surface area contributed by atoms with Gasteiger partial charge in [-0.2, -0.15) is 0 Å². The van der Waals surface area contributed by atoms with Crippen LogP contribution in [-0.2, 0) is 4.79 Å². The lowest BCUT2D eigenvalue weighted by Crippen LogP contribution is -2.38. The highest BCUT2D eigenvalue weighted by Gasteiger charge is 2.04. The summed E-state index contributed by atoms with van der Waals surface area (Å²) >= 11 is 0. The molecule has 0 spiro atoms. The molecule has 0 aromatic carbocycles. The molecule has 76 valence electrons. The highest BCUT2D eigenvalue weighted by molar-refractivity contribution is 5.79. The van der Waals surface area contributed by atoms with Crippen molar-refractivity contribution >= 4 is 12.0 Å². The van der Waals surface area contributed by atoms with Crippen molar-refractivity contribution in [1.82, 2.24) is 5.32 Å². The molecule has 14 heavy (non-hydrogen) atoms. The maximum absolute atomic E-state index is 10.6. The summed E-state index contributed by atoms with van der Waals surface area (Å²) in [6.45, 7) is 2.31. The minimum absolute atomic E-state index is 0.309. The lowest BCUT2D eigenvalue weighted by Gasteiger charge is -2.06. The molecule has 1 aromatic rings. The van der Waals surface area contributed by atoms with Gasteiger partial charge in [0.25, 0.3) is 0 Å². The first-order chi connectivity index (χ1) is 6.70. The van der Waals surface area contributed by atoms with Crippen LogP contribution in [0.3, 0.4) is 0 Å². The quantitative estimate of drug-likeness (QED) is 0.727. The molecule has 1 unspecified atom stereocenters. The summed E-state index contributed by atoms with van der Waals surface area (Å²) in [5.74, 6) is 0.440. The lowest BCUT2D eigenvalue weighted by atomic mass is 10.3. The number of primary amides is 1. The van der Waals surface area contributed by atoms with Crippen molar-refractivity contribution in [2.75, 3.05) is 6.54 Å². The van der Waals surface area contributed by atoms with Gasteiger partial charge in [0.2, 0.25) is 5.91 Å². The normalized spacial score (nSPS) is 13.2. The molecule has 4 nitrogen and oxygen atoms in total. The van der Waals surface area contributed by atoms with E-state index in [1.165, 1.54) is 0 Å². The van der Waals surface area contributed by atoms with Gasteiger partial charge < -0.3 is 15.5 Å². The maximum Gasteiger partial charge on any atom is 0.234 e. The van der Waals surface area contributed by atoms with Gasteiger partial charge in [0, 0.05) is 6.54 Å². The minimum atomic E-state index is -0.351. The fourth-order valence-electron chi connectivity index (χ4n) is 0.907. The standard InChI is InChI=1S/C10H14N2O2/c1-8(10(11)13)12-6-2-4-9-5-3-7-14-9/h2-5,7-8,12H,6H2,1H3,(H2,11,13)/b4-2+. The lowest BCUT2D eigenvalue weighted by molar-refractivity contribution is -0.119. The Hall–Kier alpha value is -1.55. The van der Waals surface area contributed by atoms with Crippen LogP contribution in [0, 0.1) is 0 Å². The van der Waals surface area contributed by atoms with Crippen molar-refractivity contribution in [2.24, 2.45) is 5.73 Å². The second-order valence-electron chi connectivity index (χ2n) is 2.95. The fourth-order valence-corrected chi connectivity index (χ4v) is 0.907. The number of nitrogens with one attached hydrogen (secondary N) is 1. The van der Waals surface area contributed by atoms with Crippen LogP contribution in [0.25, 0.3) is 6.08 Å². The van der Waals surface area contributed by atoms with Gasteiger partial charge in [0.1, 0.15) is 5.76 Å². The van der Waals surface area contributed by atoms with Gasteiger partial charge in [0.15, 0.2) is 0 Å². The summed E-state index contributed by atoms with van der Waals surface area (Å²) in [6, 6.07) is 3.36. The molecule has 1 amide bonds. The first-order valence-corrected chi connectivity index (χ1v) is 4.43.